The summed E-state index contributed by atoms with van der Waals surface area (Å²) in [5.74, 6) is -0.269. The van der Waals surface area contributed by atoms with E-state index in [1.807, 2.05) is 27.7 Å². The van der Waals surface area contributed by atoms with Crippen molar-refractivity contribution in [3.8, 4) is 0 Å². The average molecular weight is 187 g/mol. The van der Waals surface area contributed by atoms with Gasteiger partial charge in [0.1, 0.15) is 0 Å². The fraction of sp³-hybridized carbons (Fsp3) is 0.900. The van der Waals surface area contributed by atoms with Crippen molar-refractivity contribution in [1.82, 2.24) is 4.90 Å². The Balaban J connectivity index is 4.51. The third-order valence-electron chi connectivity index (χ3n) is 2.38. The summed E-state index contributed by atoms with van der Waals surface area (Å²) in [6, 6.07) is 0. The maximum atomic E-state index is 11.7. The van der Waals surface area contributed by atoms with E-state index in [4.69, 9.17) is 5.11 Å². The minimum atomic E-state index is -0.294. The Labute approximate surface area is 80.7 Å². The molecule has 0 saturated carbocycles. The quantitative estimate of drug-likeness (QED) is 0.719. The largest absolute Gasteiger partial charge is 0.396 e. The molecule has 0 unspecified atom stereocenters. The zero-order chi connectivity index (χ0) is 10.6. The molecule has 0 aliphatic heterocycles. The summed E-state index contributed by atoms with van der Waals surface area (Å²) < 4.78 is 0. The molecular formula is C10H21NO2. The molecule has 3 nitrogen and oxygen atoms in total. The molecule has 0 aliphatic carbocycles. The van der Waals surface area contributed by atoms with Crippen molar-refractivity contribution in [1.29, 1.82) is 0 Å². The van der Waals surface area contributed by atoms with Crippen LogP contribution in [0, 0.1) is 11.3 Å². The molecule has 78 valence electrons. The second-order valence-corrected chi connectivity index (χ2v) is 4.45. The van der Waals surface area contributed by atoms with Crippen LogP contribution in [0.2, 0.25) is 0 Å². The van der Waals surface area contributed by atoms with E-state index >= 15 is 0 Å². The molecule has 1 N–H and O–H groups in total. The van der Waals surface area contributed by atoms with Gasteiger partial charge in [-0.25, -0.2) is 0 Å². The summed E-state index contributed by atoms with van der Waals surface area (Å²) in [4.78, 5) is 13.4. The van der Waals surface area contributed by atoms with E-state index in [2.05, 4.69) is 0 Å². The molecule has 0 aromatic rings. The van der Waals surface area contributed by atoms with Gasteiger partial charge in [0.2, 0.25) is 5.91 Å². The van der Waals surface area contributed by atoms with Gasteiger partial charge in [-0.3, -0.25) is 4.79 Å². The predicted molar refractivity (Wildman–Crippen MR) is 53.3 cm³/mol. The van der Waals surface area contributed by atoms with Gasteiger partial charge in [0.25, 0.3) is 0 Å². The molecule has 0 fully saturated rings. The van der Waals surface area contributed by atoms with Crippen LogP contribution in [0.25, 0.3) is 0 Å². The van der Waals surface area contributed by atoms with E-state index in [0.29, 0.717) is 6.54 Å². The molecule has 3 heteroatoms. The van der Waals surface area contributed by atoms with Crippen LogP contribution in [0.5, 0.6) is 0 Å². The zero-order valence-corrected chi connectivity index (χ0v) is 9.29. The maximum absolute atomic E-state index is 11.7. The van der Waals surface area contributed by atoms with Crippen LogP contribution >= 0.6 is 0 Å². The average Bonchev–Trinajstić information content (AvgIpc) is 2.01. The minimum Gasteiger partial charge on any atom is -0.396 e. The number of aliphatic hydroxyl groups is 1. The SMILES string of the molecule is CCN(C)C(=O)[C@H](CO)C(C)(C)C. The highest BCUT2D eigenvalue weighted by atomic mass is 16.3. The van der Waals surface area contributed by atoms with Crippen LogP contribution in [0.1, 0.15) is 27.7 Å². The lowest BCUT2D eigenvalue weighted by Gasteiger charge is -2.31. The van der Waals surface area contributed by atoms with E-state index in [0.717, 1.165) is 0 Å². The number of hydrogen-bond donors (Lipinski definition) is 1. The Bertz CT molecular complexity index is 172. The number of hydrogen-bond acceptors (Lipinski definition) is 2. The van der Waals surface area contributed by atoms with Crippen LogP contribution < -0.4 is 0 Å². The van der Waals surface area contributed by atoms with Crippen molar-refractivity contribution >= 4 is 5.91 Å². The summed E-state index contributed by atoms with van der Waals surface area (Å²) in [6.45, 7) is 8.44. The monoisotopic (exact) mass is 187 g/mol. The highest BCUT2D eigenvalue weighted by Crippen LogP contribution is 2.26. The third kappa shape index (κ3) is 3.35. The summed E-state index contributed by atoms with van der Waals surface area (Å²) in [5, 5.41) is 9.13. The molecule has 0 aromatic carbocycles. The molecule has 0 spiro atoms. The molecule has 0 radical (unpaired) electrons. The van der Waals surface area contributed by atoms with Crippen LogP contribution in [0.4, 0.5) is 0 Å². The Morgan fingerprint density at radius 2 is 1.92 bits per heavy atom. The van der Waals surface area contributed by atoms with Crippen molar-refractivity contribution in [2.24, 2.45) is 11.3 Å². The molecule has 0 rings (SSSR count). The van der Waals surface area contributed by atoms with Crippen LogP contribution in [-0.2, 0) is 4.79 Å². The van der Waals surface area contributed by atoms with Crippen molar-refractivity contribution < 1.29 is 9.90 Å². The highest BCUT2D eigenvalue weighted by Gasteiger charge is 2.31. The van der Waals surface area contributed by atoms with Gasteiger partial charge in [-0.2, -0.15) is 0 Å². The molecule has 0 heterocycles. The first kappa shape index (κ1) is 12.4. The van der Waals surface area contributed by atoms with Gasteiger partial charge in [-0.1, -0.05) is 20.8 Å². The Hall–Kier alpha value is -0.570. The van der Waals surface area contributed by atoms with E-state index < -0.39 is 0 Å². The van der Waals surface area contributed by atoms with Crippen molar-refractivity contribution in [2.45, 2.75) is 27.7 Å². The third-order valence-corrected chi connectivity index (χ3v) is 2.38. The van der Waals surface area contributed by atoms with Gasteiger partial charge in [0, 0.05) is 13.6 Å². The predicted octanol–water partition coefficient (Wildman–Crippen LogP) is 1.12. The summed E-state index contributed by atoms with van der Waals surface area (Å²) in [7, 11) is 1.76. The van der Waals surface area contributed by atoms with Crippen molar-refractivity contribution in [2.75, 3.05) is 20.2 Å². The maximum Gasteiger partial charge on any atom is 0.228 e. The van der Waals surface area contributed by atoms with Crippen LogP contribution in [-0.4, -0.2) is 36.1 Å². The topological polar surface area (TPSA) is 40.5 Å². The van der Waals surface area contributed by atoms with Crippen molar-refractivity contribution in [3.05, 3.63) is 0 Å². The molecule has 1 atom stereocenters. The number of nitrogens with zero attached hydrogens (tertiary/aromatic N) is 1. The van der Waals surface area contributed by atoms with E-state index in [1.165, 1.54) is 0 Å². The number of aliphatic hydroxyl groups excluding tert-OH is 1. The van der Waals surface area contributed by atoms with E-state index in [-0.39, 0.29) is 23.8 Å². The number of amides is 1. The molecular weight excluding hydrogens is 166 g/mol. The Morgan fingerprint density at radius 1 is 1.46 bits per heavy atom. The minimum absolute atomic E-state index is 0.0255. The Morgan fingerprint density at radius 3 is 2.15 bits per heavy atom. The first-order valence-corrected chi connectivity index (χ1v) is 4.70. The van der Waals surface area contributed by atoms with Gasteiger partial charge in [-0.15, -0.1) is 0 Å². The molecule has 0 saturated heterocycles. The van der Waals surface area contributed by atoms with E-state index in [9.17, 15) is 4.79 Å². The van der Waals surface area contributed by atoms with Crippen molar-refractivity contribution in [3.63, 3.8) is 0 Å². The second-order valence-electron chi connectivity index (χ2n) is 4.45. The summed E-state index contributed by atoms with van der Waals surface area (Å²) in [5.41, 5.74) is -0.171. The van der Waals surface area contributed by atoms with Gasteiger partial charge in [0.05, 0.1) is 12.5 Å². The smallest absolute Gasteiger partial charge is 0.228 e. The molecule has 13 heavy (non-hydrogen) atoms. The number of carbonyl (C=O) groups is 1. The summed E-state index contributed by atoms with van der Waals surface area (Å²) >= 11 is 0. The normalized spacial score (nSPS) is 14.0. The molecule has 1 amide bonds. The number of carbonyl (C=O) groups excluding carboxylic acids is 1. The lowest BCUT2D eigenvalue weighted by atomic mass is 9.80. The fourth-order valence-electron chi connectivity index (χ4n) is 1.14. The van der Waals surface area contributed by atoms with Crippen LogP contribution in [0.15, 0.2) is 0 Å². The molecule has 0 aromatic heterocycles. The van der Waals surface area contributed by atoms with Gasteiger partial charge < -0.3 is 10.0 Å². The first-order chi connectivity index (χ1) is 5.84. The summed E-state index contributed by atoms with van der Waals surface area (Å²) in [6.07, 6.45) is 0. The lowest BCUT2D eigenvalue weighted by Crippen LogP contribution is -2.41. The zero-order valence-electron chi connectivity index (χ0n) is 9.29. The van der Waals surface area contributed by atoms with E-state index in [1.54, 1.807) is 11.9 Å². The standard InChI is InChI=1S/C10H21NO2/c1-6-11(5)9(13)8(7-12)10(2,3)4/h8,12H,6-7H2,1-5H3/t8-/m0/s1. The lowest BCUT2D eigenvalue weighted by molar-refractivity contribution is -0.139. The number of rotatable bonds is 3. The highest BCUT2D eigenvalue weighted by molar-refractivity contribution is 5.79. The van der Waals surface area contributed by atoms with Crippen LogP contribution in [0.3, 0.4) is 0 Å². The van der Waals surface area contributed by atoms with Gasteiger partial charge >= 0.3 is 0 Å². The Kier molecular flexibility index (Phi) is 4.40. The molecule has 0 bridgehead atoms. The first-order valence-electron chi connectivity index (χ1n) is 4.70. The fourth-order valence-corrected chi connectivity index (χ4v) is 1.14. The van der Waals surface area contributed by atoms with Gasteiger partial charge in [-0.05, 0) is 12.3 Å². The second kappa shape index (κ2) is 4.61. The molecule has 0 aliphatic rings. The van der Waals surface area contributed by atoms with Gasteiger partial charge in [0.15, 0.2) is 0 Å².